The number of rotatable bonds is 2. The van der Waals surface area contributed by atoms with Gasteiger partial charge in [-0.1, -0.05) is 60.1 Å². The molecule has 2 rings (SSSR count). The first-order valence-corrected chi connectivity index (χ1v) is 5.64. The maximum absolute atomic E-state index is 6.11. The molecule has 0 spiro atoms. The van der Waals surface area contributed by atoms with Crippen molar-refractivity contribution in [3.05, 3.63) is 76.3 Å². The van der Waals surface area contributed by atoms with Crippen molar-refractivity contribution in [3.63, 3.8) is 0 Å². The van der Waals surface area contributed by atoms with Gasteiger partial charge < -0.3 is 0 Å². The molecule has 0 aliphatic carbocycles. The lowest BCUT2D eigenvalue weighted by Gasteiger charge is -2.08. The van der Waals surface area contributed by atoms with E-state index in [4.69, 9.17) is 23.2 Å². The molecule has 0 amide bonds. The molecule has 0 nitrogen and oxygen atoms in total. The smallest absolute Gasteiger partial charge is 0.0484 e. The van der Waals surface area contributed by atoms with Gasteiger partial charge in [0, 0.05) is 15.6 Å². The van der Waals surface area contributed by atoms with Crippen LogP contribution in [-0.4, -0.2) is 0 Å². The summed E-state index contributed by atoms with van der Waals surface area (Å²) in [6.07, 6.45) is 0. The highest BCUT2D eigenvalue weighted by molar-refractivity contribution is 6.32. The van der Waals surface area contributed by atoms with Gasteiger partial charge in [0.1, 0.15) is 0 Å². The molecule has 0 aromatic heterocycles. The number of hydrogen-bond donors (Lipinski definition) is 0. The van der Waals surface area contributed by atoms with Crippen LogP contribution in [0.15, 0.2) is 55.1 Å². The first kappa shape index (κ1) is 11.3. The summed E-state index contributed by atoms with van der Waals surface area (Å²) in [5.41, 5.74) is 2.88. The van der Waals surface area contributed by atoms with Gasteiger partial charge in [0.15, 0.2) is 0 Å². The Balaban J connectivity index is 2.40. The van der Waals surface area contributed by atoms with Crippen molar-refractivity contribution < 1.29 is 0 Å². The minimum absolute atomic E-state index is 0.711. The van der Waals surface area contributed by atoms with Gasteiger partial charge in [-0.05, 0) is 29.3 Å². The van der Waals surface area contributed by atoms with Gasteiger partial charge in [0.05, 0.1) is 0 Å². The van der Waals surface area contributed by atoms with E-state index in [1.807, 2.05) is 48.5 Å². The van der Waals surface area contributed by atoms with E-state index in [0.717, 1.165) is 21.7 Å². The van der Waals surface area contributed by atoms with Crippen LogP contribution in [0.2, 0.25) is 10.0 Å². The lowest BCUT2D eigenvalue weighted by atomic mass is 10.00. The Labute approximate surface area is 105 Å². The summed E-state index contributed by atoms with van der Waals surface area (Å²) >= 11 is 12.0. The maximum Gasteiger partial charge on any atom is 0.0484 e. The Morgan fingerprint density at radius 2 is 1.50 bits per heavy atom. The molecule has 2 heteroatoms. The third kappa shape index (κ3) is 2.29. The fourth-order valence-electron chi connectivity index (χ4n) is 1.51. The Kier molecular flexibility index (Phi) is 3.33. The first-order valence-electron chi connectivity index (χ1n) is 4.88. The zero-order chi connectivity index (χ0) is 11.5. The zero-order valence-electron chi connectivity index (χ0n) is 8.58. The summed E-state index contributed by atoms with van der Waals surface area (Å²) in [5.74, 6) is 0. The molecule has 16 heavy (non-hydrogen) atoms. The topological polar surface area (TPSA) is 0 Å². The van der Waals surface area contributed by atoms with E-state index in [0.29, 0.717) is 5.02 Å². The fourth-order valence-corrected chi connectivity index (χ4v) is 1.89. The molecule has 2 aromatic carbocycles. The van der Waals surface area contributed by atoms with Crippen LogP contribution >= 0.6 is 23.2 Å². The second-order valence-electron chi connectivity index (χ2n) is 3.47. The van der Waals surface area contributed by atoms with E-state index in [2.05, 4.69) is 6.58 Å². The standard InChI is InChI=1S/C14H10Cl2/c1-10(11-6-8-12(15)9-7-11)13-4-2-3-5-14(13)16/h2-9H,1H2. The molecule has 0 atom stereocenters. The van der Waals surface area contributed by atoms with Crippen molar-refractivity contribution in [2.24, 2.45) is 0 Å². The third-order valence-electron chi connectivity index (χ3n) is 2.39. The summed E-state index contributed by atoms with van der Waals surface area (Å²) in [6, 6.07) is 15.2. The average molecular weight is 249 g/mol. The molecule has 2 aromatic rings. The molecule has 0 radical (unpaired) electrons. The first-order chi connectivity index (χ1) is 7.68. The second-order valence-corrected chi connectivity index (χ2v) is 4.31. The Morgan fingerprint density at radius 3 is 2.12 bits per heavy atom. The minimum Gasteiger partial charge on any atom is -0.0905 e. The highest BCUT2D eigenvalue weighted by Crippen LogP contribution is 2.28. The summed E-state index contributed by atoms with van der Waals surface area (Å²) < 4.78 is 0. The predicted molar refractivity (Wildman–Crippen MR) is 71.0 cm³/mol. The molecule has 0 aliphatic rings. The predicted octanol–water partition coefficient (Wildman–Crippen LogP) is 5.05. The van der Waals surface area contributed by atoms with Crippen LogP contribution in [0.5, 0.6) is 0 Å². The van der Waals surface area contributed by atoms with E-state index >= 15 is 0 Å². The van der Waals surface area contributed by atoms with Crippen LogP contribution < -0.4 is 0 Å². The lowest BCUT2D eigenvalue weighted by molar-refractivity contribution is 1.56. The average Bonchev–Trinajstić information content (AvgIpc) is 2.30. The molecule has 0 saturated carbocycles. The van der Waals surface area contributed by atoms with Crippen LogP contribution in [0.4, 0.5) is 0 Å². The van der Waals surface area contributed by atoms with Gasteiger partial charge in [-0.25, -0.2) is 0 Å². The number of hydrogen-bond acceptors (Lipinski definition) is 0. The SMILES string of the molecule is C=C(c1ccc(Cl)cc1)c1ccccc1Cl. The molecule has 0 aliphatic heterocycles. The summed E-state index contributed by atoms with van der Waals surface area (Å²) in [4.78, 5) is 0. The summed E-state index contributed by atoms with van der Waals surface area (Å²) in [5, 5.41) is 1.43. The molecular formula is C14H10Cl2. The molecule has 80 valence electrons. The van der Waals surface area contributed by atoms with Crippen LogP contribution in [0.25, 0.3) is 5.57 Å². The Morgan fingerprint density at radius 1 is 0.875 bits per heavy atom. The summed E-state index contributed by atoms with van der Waals surface area (Å²) in [6.45, 7) is 4.06. The van der Waals surface area contributed by atoms with Gasteiger partial charge in [-0.2, -0.15) is 0 Å². The normalized spacial score (nSPS) is 10.1. The van der Waals surface area contributed by atoms with Crippen LogP contribution in [0.1, 0.15) is 11.1 Å². The zero-order valence-corrected chi connectivity index (χ0v) is 10.1. The lowest BCUT2D eigenvalue weighted by Crippen LogP contribution is -1.86. The van der Waals surface area contributed by atoms with Crippen LogP contribution in [0, 0.1) is 0 Å². The molecule has 0 heterocycles. The van der Waals surface area contributed by atoms with E-state index in [-0.39, 0.29) is 0 Å². The van der Waals surface area contributed by atoms with Gasteiger partial charge in [-0.15, -0.1) is 0 Å². The van der Waals surface area contributed by atoms with E-state index in [9.17, 15) is 0 Å². The highest BCUT2D eigenvalue weighted by Gasteiger charge is 2.05. The van der Waals surface area contributed by atoms with E-state index in [1.54, 1.807) is 0 Å². The second kappa shape index (κ2) is 4.73. The van der Waals surface area contributed by atoms with Crippen molar-refractivity contribution in [1.29, 1.82) is 0 Å². The number of benzene rings is 2. The Bertz CT molecular complexity index is 513. The molecular weight excluding hydrogens is 239 g/mol. The van der Waals surface area contributed by atoms with Gasteiger partial charge in [-0.3, -0.25) is 0 Å². The molecule has 0 saturated heterocycles. The monoisotopic (exact) mass is 248 g/mol. The molecule has 0 N–H and O–H groups in total. The molecule has 0 fully saturated rings. The van der Waals surface area contributed by atoms with Gasteiger partial charge in [0.25, 0.3) is 0 Å². The van der Waals surface area contributed by atoms with Crippen molar-refractivity contribution in [1.82, 2.24) is 0 Å². The van der Waals surface area contributed by atoms with Crippen molar-refractivity contribution in [2.75, 3.05) is 0 Å². The molecule has 0 unspecified atom stereocenters. The van der Waals surface area contributed by atoms with Crippen LogP contribution in [0.3, 0.4) is 0 Å². The van der Waals surface area contributed by atoms with Crippen LogP contribution in [-0.2, 0) is 0 Å². The van der Waals surface area contributed by atoms with E-state index in [1.165, 1.54) is 0 Å². The third-order valence-corrected chi connectivity index (χ3v) is 2.97. The van der Waals surface area contributed by atoms with E-state index < -0.39 is 0 Å². The largest absolute Gasteiger partial charge is 0.0905 e. The minimum atomic E-state index is 0.711. The fraction of sp³-hybridized carbons (Fsp3) is 0. The quantitative estimate of drug-likeness (QED) is 0.698. The van der Waals surface area contributed by atoms with Crippen molar-refractivity contribution >= 4 is 28.8 Å². The van der Waals surface area contributed by atoms with Crippen molar-refractivity contribution in [2.45, 2.75) is 0 Å². The highest BCUT2D eigenvalue weighted by atomic mass is 35.5. The summed E-state index contributed by atoms with van der Waals surface area (Å²) in [7, 11) is 0. The Hall–Kier alpha value is -1.24. The van der Waals surface area contributed by atoms with Gasteiger partial charge in [0.2, 0.25) is 0 Å². The van der Waals surface area contributed by atoms with Crippen molar-refractivity contribution in [3.8, 4) is 0 Å². The molecule has 0 bridgehead atoms. The van der Waals surface area contributed by atoms with Gasteiger partial charge >= 0.3 is 0 Å². The maximum atomic E-state index is 6.11. The number of halogens is 2.